The largest absolute Gasteiger partial charge is 0.496 e. The lowest BCUT2D eigenvalue weighted by Crippen LogP contribution is -2.38. The van der Waals surface area contributed by atoms with Crippen LogP contribution in [0.2, 0.25) is 0 Å². The van der Waals surface area contributed by atoms with Crippen molar-refractivity contribution in [2.75, 3.05) is 7.11 Å². The van der Waals surface area contributed by atoms with E-state index in [1.807, 2.05) is 0 Å². The number of benzene rings is 2. The third-order valence-electron chi connectivity index (χ3n) is 4.96. The van der Waals surface area contributed by atoms with Crippen molar-refractivity contribution in [2.24, 2.45) is 0 Å². The van der Waals surface area contributed by atoms with Crippen molar-refractivity contribution in [1.82, 2.24) is 0 Å². The van der Waals surface area contributed by atoms with Gasteiger partial charge in [-0.1, -0.05) is 54.1 Å². The normalized spacial score (nSPS) is 23.9. The Labute approximate surface area is 119 Å². The van der Waals surface area contributed by atoms with Crippen molar-refractivity contribution in [3.63, 3.8) is 0 Å². The van der Waals surface area contributed by atoms with Crippen LogP contribution in [0.3, 0.4) is 0 Å². The molecular weight excluding hydrogens is 244 g/mol. The van der Waals surface area contributed by atoms with Crippen molar-refractivity contribution >= 4 is 10.8 Å². The van der Waals surface area contributed by atoms with Crippen LogP contribution in [-0.4, -0.2) is 7.11 Å². The van der Waals surface area contributed by atoms with E-state index in [4.69, 9.17) is 4.74 Å². The lowest BCUT2D eigenvalue weighted by molar-refractivity contribution is 0.361. The molecular formula is C19H18O. The maximum Gasteiger partial charge on any atom is 0.126 e. The number of fused-ring (bicyclic) bond motifs is 2. The summed E-state index contributed by atoms with van der Waals surface area (Å²) in [6.45, 7) is 0. The molecule has 1 atom stereocenters. The summed E-state index contributed by atoms with van der Waals surface area (Å²) in [5, 5.41) is 2.57. The highest BCUT2D eigenvalue weighted by Crippen LogP contribution is 2.54. The Morgan fingerprint density at radius 2 is 1.90 bits per heavy atom. The van der Waals surface area contributed by atoms with E-state index in [-0.39, 0.29) is 5.41 Å². The van der Waals surface area contributed by atoms with E-state index >= 15 is 0 Å². The summed E-state index contributed by atoms with van der Waals surface area (Å²) in [7, 11) is 1.75. The maximum atomic E-state index is 5.52. The van der Waals surface area contributed by atoms with E-state index in [1.54, 1.807) is 12.7 Å². The van der Waals surface area contributed by atoms with E-state index < -0.39 is 0 Å². The van der Waals surface area contributed by atoms with E-state index in [2.05, 4.69) is 54.6 Å². The average Bonchev–Trinajstić information content (AvgIpc) is 2.48. The molecule has 1 nitrogen and oxygen atoms in total. The monoisotopic (exact) mass is 262 g/mol. The molecule has 2 aliphatic carbocycles. The zero-order chi connectivity index (χ0) is 13.6. The highest BCUT2D eigenvalue weighted by molar-refractivity contribution is 5.92. The fraction of sp³-hybridized carbons (Fsp3) is 0.263. The minimum Gasteiger partial charge on any atom is -0.496 e. The molecule has 20 heavy (non-hydrogen) atoms. The van der Waals surface area contributed by atoms with E-state index in [9.17, 15) is 0 Å². The molecule has 2 aromatic carbocycles. The topological polar surface area (TPSA) is 9.23 Å². The minimum absolute atomic E-state index is 0.251. The summed E-state index contributed by atoms with van der Waals surface area (Å²) in [4.78, 5) is 0. The summed E-state index contributed by atoms with van der Waals surface area (Å²) in [6.07, 6.45) is 10.5. The second-order valence-electron chi connectivity index (χ2n) is 5.77. The standard InChI is InChI=1S/C19H18O/c1-20-18-10-9-17(15-7-2-3-8-16(15)18)19-12-5-4-6-14(19)11-13-19/h2-10H,11-13H2,1H3. The van der Waals surface area contributed by atoms with Crippen molar-refractivity contribution in [3.8, 4) is 5.75 Å². The van der Waals surface area contributed by atoms with Crippen LogP contribution in [0.1, 0.15) is 24.8 Å². The Morgan fingerprint density at radius 1 is 1.05 bits per heavy atom. The van der Waals surface area contributed by atoms with Gasteiger partial charge in [0.2, 0.25) is 0 Å². The molecule has 1 heteroatoms. The number of hydrogen-bond acceptors (Lipinski definition) is 1. The summed E-state index contributed by atoms with van der Waals surface area (Å²) in [5.74, 6) is 0.969. The van der Waals surface area contributed by atoms with Crippen LogP contribution in [0.25, 0.3) is 10.8 Å². The molecule has 0 spiro atoms. The van der Waals surface area contributed by atoms with Crippen LogP contribution < -0.4 is 4.74 Å². The Kier molecular flexibility index (Phi) is 2.50. The lowest BCUT2D eigenvalue weighted by Gasteiger charge is -2.47. The Balaban J connectivity index is 1.98. The molecule has 0 heterocycles. The van der Waals surface area contributed by atoms with Crippen LogP contribution in [-0.2, 0) is 5.41 Å². The number of rotatable bonds is 2. The van der Waals surface area contributed by atoms with Crippen LogP contribution in [0.4, 0.5) is 0 Å². The molecule has 100 valence electrons. The molecule has 0 saturated heterocycles. The predicted molar refractivity (Wildman–Crippen MR) is 83.3 cm³/mol. The summed E-state index contributed by atoms with van der Waals surface area (Å²) in [6, 6.07) is 13.0. The van der Waals surface area contributed by atoms with Crippen LogP contribution in [0, 0.1) is 0 Å². The Morgan fingerprint density at radius 3 is 2.60 bits per heavy atom. The summed E-state index contributed by atoms with van der Waals surface area (Å²) >= 11 is 0. The van der Waals surface area contributed by atoms with Gasteiger partial charge >= 0.3 is 0 Å². The van der Waals surface area contributed by atoms with Gasteiger partial charge in [0.1, 0.15) is 5.75 Å². The smallest absolute Gasteiger partial charge is 0.126 e. The lowest BCUT2D eigenvalue weighted by atomic mass is 9.57. The zero-order valence-corrected chi connectivity index (χ0v) is 11.7. The zero-order valence-electron chi connectivity index (χ0n) is 11.7. The molecule has 0 aliphatic heterocycles. The van der Waals surface area contributed by atoms with Gasteiger partial charge in [-0.15, -0.1) is 0 Å². The second kappa shape index (κ2) is 4.24. The van der Waals surface area contributed by atoms with Gasteiger partial charge in [0.15, 0.2) is 0 Å². The highest BCUT2D eigenvalue weighted by Gasteiger charge is 2.44. The quantitative estimate of drug-likeness (QED) is 0.757. The number of hydrogen-bond donors (Lipinski definition) is 0. The Hall–Kier alpha value is -2.02. The van der Waals surface area contributed by atoms with Crippen LogP contribution in [0.5, 0.6) is 5.75 Å². The van der Waals surface area contributed by atoms with Gasteiger partial charge in [0.05, 0.1) is 7.11 Å². The molecule has 0 aromatic heterocycles. The molecule has 1 unspecified atom stereocenters. The van der Waals surface area contributed by atoms with Crippen LogP contribution >= 0.6 is 0 Å². The highest BCUT2D eigenvalue weighted by atomic mass is 16.5. The molecule has 0 radical (unpaired) electrons. The van der Waals surface area contributed by atoms with Gasteiger partial charge in [0, 0.05) is 10.8 Å². The SMILES string of the molecule is COc1ccc(C23CC=CC=C2CC3)c2ccccc12. The van der Waals surface area contributed by atoms with Crippen molar-refractivity contribution in [3.05, 3.63) is 65.8 Å². The van der Waals surface area contributed by atoms with E-state index in [0.29, 0.717) is 0 Å². The molecule has 2 aliphatic rings. The first-order valence-electron chi connectivity index (χ1n) is 7.27. The van der Waals surface area contributed by atoms with Gasteiger partial charge < -0.3 is 4.74 Å². The third kappa shape index (κ3) is 1.44. The van der Waals surface area contributed by atoms with Gasteiger partial charge in [-0.25, -0.2) is 0 Å². The first-order valence-corrected chi connectivity index (χ1v) is 7.27. The molecule has 0 amide bonds. The minimum atomic E-state index is 0.251. The average molecular weight is 262 g/mol. The van der Waals surface area contributed by atoms with E-state index in [1.165, 1.54) is 29.2 Å². The second-order valence-corrected chi connectivity index (χ2v) is 5.77. The van der Waals surface area contributed by atoms with Gasteiger partial charge in [0.25, 0.3) is 0 Å². The molecule has 1 fully saturated rings. The molecule has 0 N–H and O–H groups in total. The fourth-order valence-electron chi connectivity index (χ4n) is 3.78. The maximum absolute atomic E-state index is 5.52. The predicted octanol–water partition coefficient (Wildman–Crippen LogP) is 4.77. The third-order valence-corrected chi connectivity index (χ3v) is 4.96. The van der Waals surface area contributed by atoms with Crippen molar-refractivity contribution < 1.29 is 4.74 Å². The van der Waals surface area contributed by atoms with Gasteiger partial charge in [-0.05, 0) is 36.3 Å². The summed E-state index contributed by atoms with van der Waals surface area (Å²) in [5.41, 5.74) is 3.31. The van der Waals surface area contributed by atoms with E-state index in [0.717, 1.165) is 12.2 Å². The Bertz CT molecular complexity index is 739. The van der Waals surface area contributed by atoms with Gasteiger partial charge in [-0.3, -0.25) is 0 Å². The number of ether oxygens (including phenoxy) is 1. The molecule has 4 rings (SSSR count). The number of allylic oxidation sites excluding steroid dienone is 4. The van der Waals surface area contributed by atoms with Crippen molar-refractivity contribution in [2.45, 2.75) is 24.7 Å². The fourth-order valence-corrected chi connectivity index (χ4v) is 3.78. The molecule has 1 saturated carbocycles. The number of methoxy groups -OCH3 is 1. The summed E-state index contributed by atoms with van der Waals surface area (Å²) < 4.78 is 5.52. The first-order chi connectivity index (χ1) is 9.85. The van der Waals surface area contributed by atoms with Crippen LogP contribution in [0.15, 0.2) is 60.2 Å². The molecule has 2 aromatic rings. The van der Waals surface area contributed by atoms with Gasteiger partial charge in [-0.2, -0.15) is 0 Å². The van der Waals surface area contributed by atoms with Crippen molar-refractivity contribution in [1.29, 1.82) is 0 Å². The molecule has 0 bridgehead atoms. The first kappa shape index (κ1) is 11.8.